The summed E-state index contributed by atoms with van der Waals surface area (Å²) in [6.45, 7) is 6.03. The minimum atomic E-state index is 0.514. The van der Waals surface area contributed by atoms with E-state index < -0.39 is 0 Å². The van der Waals surface area contributed by atoms with E-state index in [-0.39, 0.29) is 0 Å². The van der Waals surface area contributed by atoms with E-state index in [1.54, 1.807) is 6.08 Å². The topological polar surface area (TPSA) is 49.8 Å². The zero-order chi connectivity index (χ0) is 16.4. The number of aromatic nitrogens is 1. The van der Waals surface area contributed by atoms with Crippen LogP contribution in [0.4, 0.5) is 0 Å². The summed E-state index contributed by atoms with van der Waals surface area (Å²) in [5, 5.41) is 12.1. The van der Waals surface area contributed by atoms with Gasteiger partial charge in [-0.15, -0.1) is 11.3 Å². The van der Waals surface area contributed by atoms with Crippen LogP contribution < -0.4 is 0 Å². The molecule has 0 saturated heterocycles. The molecule has 0 spiro atoms. The van der Waals surface area contributed by atoms with Gasteiger partial charge in [-0.3, -0.25) is 0 Å². The molecule has 0 bridgehead atoms. The molecule has 0 fully saturated rings. The first kappa shape index (κ1) is 15.3. The molecule has 3 rings (SSSR count). The molecule has 3 aromatic rings. The van der Waals surface area contributed by atoms with Gasteiger partial charge in [0.15, 0.2) is 0 Å². The van der Waals surface area contributed by atoms with Gasteiger partial charge < -0.3 is 4.42 Å². The lowest BCUT2D eigenvalue weighted by Crippen LogP contribution is -1.86. The molecular weight excluding hydrogens is 304 g/mol. The molecule has 2 heterocycles. The highest BCUT2D eigenvalue weighted by Gasteiger charge is 2.11. The molecule has 0 aliphatic rings. The lowest BCUT2D eigenvalue weighted by molar-refractivity contribution is 0.525. The van der Waals surface area contributed by atoms with Gasteiger partial charge in [0.2, 0.25) is 0 Å². The molecule has 0 N–H and O–H groups in total. The summed E-state index contributed by atoms with van der Waals surface area (Å²) in [5.41, 5.74) is 4.93. The monoisotopic (exact) mass is 320 g/mol. The predicted molar refractivity (Wildman–Crippen MR) is 94.0 cm³/mol. The highest BCUT2D eigenvalue weighted by Crippen LogP contribution is 2.29. The number of allylic oxidation sites excluding steroid dienone is 1. The summed E-state index contributed by atoms with van der Waals surface area (Å²) in [5.74, 6) is 1.49. The molecule has 0 unspecified atom stereocenters. The number of hydrogen-bond acceptors (Lipinski definition) is 4. The van der Waals surface area contributed by atoms with Gasteiger partial charge in [0.1, 0.15) is 22.6 Å². The van der Waals surface area contributed by atoms with E-state index in [2.05, 4.69) is 43.1 Å². The number of benzene rings is 1. The highest BCUT2D eigenvalue weighted by molar-refractivity contribution is 7.11. The van der Waals surface area contributed by atoms with Gasteiger partial charge in [-0.25, -0.2) is 4.98 Å². The van der Waals surface area contributed by atoms with E-state index in [0.717, 1.165) is 17.0 Å². The summed E-state index contributed by atoms with van der Waals surface area (Å²) < 4.78 is 5.51. The maximum absolute atomic E-state index is 9.43. The van der Waals surface area contributed by atoms with Crippen LogP contribution in [-0.2, 0) is 0 Å². The average molecular weight is 320 g/mol. The Hall–Kier alpha value is -2.64. The lowest BCUT2D eigenvalue weighted by Gasteiger charge is -2.03. The van der Waals surface area contributed by atoms with E-state index in [1.807, 2.05) is 24.4 Å². The van der Waals surface area contributed by atoms with Gasteiger partial charge in [0.05, 0.1) is 11.3 Å². The van der Waals surface area contributed by atoms with Crippen LogP contribution in [0.1, 0.15) is 27.7 Å². The highest BCUT2D eigenvalue weighted by atomic mass is 32.1. The molecule has 3 nitrogen and oxygen atoms in total. The number of hydrogen-bond donors (Lipinski definition) is 0. The van der Waals surface area contributed by atoms with Crippen LogP contribution in [0, 0.1) is 32.1 Å². The molecule has 0 radical (unpaired) electrons. The Balaban J connectivity index is 1.97. The Kier molecular flexibility index (Phi) is 4.14. The van der Waals surface area contributed by atoms with E-state index >= 15 is 0 Å². The molecule has 0 aliphatic heterocycles. The van der Waals surface area contributed by atoms with Crippen LogP contribution in [0.2, 0.25) is 0 Å². The Morgan fingerprint density at radius 2 is 2.04 bits per heavy atom. The first-order valence-electron chi connectivity index (χ1n) is 7.28. The third-order valence-electron chi connectivity index (χ3n) is 3.56. The van der Waals surface area contributed by atoms with Gasteiger partial charge in [-0.2, -0.15) is 5.26 Å². The number of nitrogens with zero attached hydrogens (tertiary/aromatic N) is 2. The van der Waals surface area contributed by atoms with Crippen LogP contribution >= 0.6 is 11.3 Å². The quantitative estimate of drug-likeness (QED) is 0.608. The first-order chi connectivity index (χ1) is 11.1. The molecule has 114 valence electrons. The zero-order valence-electron chi connectivity index (χ0n) is 13.3. The fourth-order valence-electron chi connectivity index (χ4n) is 2.44. The van der Waals surface area contributed by atoms with Crippen molar-refractivity contribution in [3.05, 3.63) is 63.4 Å². The molecule has 1 aromatic carbocycles. The third kappa shape index (κ3) is 3.25. The van der Waals surface area contributed by atoms with Crippen molar-refractivity contribution in [1.29, 1.82) is 5.26 Å². The van der Waals surface area contributed by atoms with Gasteiger partial charge in [-0.1, -0.05) is 23.8 Å². The molecule has 0 saturated carbocycles. The van der Waals surface area contributed by atoms with E-state index in [1.165, 1.54) is 22.5 Å². The van der Waals surface area contributed by atoms with Gasteiger partial charge in [0.25, 0.3) is 0 Å². The minimum absolute atomic E-state index is 0.514. The maximum atomic E-state index is 9.43. The number of furan rings is 1. The molecule has 0 atom stereocenters. The van der Waals surface area contributed by atoms with Crippen molar-refractivity contribution in [2.75, 3.05) is 0 Å². The fraction of sp³-hybridized carbons (Fsp3) is 0.158. The van der Waals surface area contributed by atoms with Crippen LogP contribution in [0.25, 0.3) is 22.9 Å². The summed E-state index contributed by atoms with van der Waals surface area (Å²) >= 11 is 1.47. The minimum Gasteiger partial charge on any atom is -0.462 e. The second-order valence-corrected chi connectivity index (χ2v) is 6.33. The molecule has 23 heavy (non-hydrogen) atoms. The molecule has 0 amide bonds. The number of rotatable bonds is 3. The Morgan fingerprint density at radius 3 is 2.70 bits per heavy atom. The smallest absolute Gasteiger partial charge is 0.134 e. The van der Waals surface area contributed by atoms with Crippen LogP contribution in [0.5, 0.6) is 0 Å². The van der Waals surface area contributed by atoms with E-state index in [9.17, 15) is 5.26 Å². The first-order valence-corrected chi connectivity index (χ1v) is 8.16. The maximum Gasteiger partial charge on any atom is 0.134 e. The second-order valence-electron chi connectivity index (χ2n) is 5.47. The van der Waals surface area contributed by atoms with Crippen molar-refractivity contribution in [2.45, 2.75) is 20.8 Å². The van der Waals surface area contributed by atoms with Gasteiger partial charge in [0, 0.05) is 17.0 Å². The summed E-state index contributed by atoms with van der Waals surface area (Å²) in [6.07, 6.45) is 1.73. The van der Waals surface area contributed by atoms with Crippen molar-refractivity contribution < 1.29 is 4.42 Å². The Morgan fingerprint density at radius 1 is 1.22 bits per heavy atom. The number of thiazole rings is 1. The van der Waals surface area contributed by atoms with Crippen molar-refractivity contribution in [3.8, 4) is 17.3 Å². The predicted octanol–water partition coefficient (Wildman–Crippen LogP) is 5.39. The lowest BCUT2D eigenvalue weighted by atomic mass is 10.0. The summed E-state index contributed by atoms with van der Waals surface area (Å²) in [7, 11) is 0. The van der Waals surface area contributed by atoms with Crippen molar-refractivity contribution in [3.63, 3.8) is 0 Å². The summed E-state index contributed by atoms with van der Waals surface area (Å²) in [4.78, 5) is 4.63. The van der Waals surface area contributed by atoms with Crippen LogP contribution in [0.15, 0.2) is 40.1 Å². The largest absolute Gasteiger partial charge is 0.462 e. The van der Waals surface area contributed by atoms with Crippen molar-refractivity contribution >= 4 is 23.0 Å². The molecule has 2 aromatic heterocycles. The number of aryl methyl sites for hydroxylation is 3. The van der Waals surface area contributed by atoms with Crippen LogP contribution in [0.3, 0.4) is 0 Å². The van der Waals surface area contributed by atoms with Crippen molar-refractivity contribution in [2.24, 2.45) is 0 Å². The molecular formula is C19H16N2OS. The Labute approximate surface area is 139 Å². The molecule has 0 aliphatic carbocycles. The zero-order valence-corrected chi connectivity index (χ0v) is 14.1. The normalized spacial score (nSPS) is 11.5. The fourth-order valence-corrected chi connectivity index (χ4v) is 3.22. The van der Waals surface area contributed by atoms with Gasteiger partial charge >= 0.3 is 0 Å². The van der Waals surface area contributed by atoms with Crippen molar-refractivity contribution in [1.82, 2.24) is 4.98 Å². The standard InChI is InChI=1S/C19H16N2OS/c1-12-4-7-17(13(2)8-12)18-11-23-19(21-18)15(10-20)9-16-6-5-14(3)22-16/h4-9,11H,1-3H3/b15-9+. The van der Waals surface area contributed by atoms with E-state index in [0.29, 0.717) is 16.3 Å². The summed E-state index contributed by atoms with van der Waals surface area (Å²) in [6, 6.07) is 12.2. The van der Waals surface area contributed by atoms with E-state index in [4.69, 9.17) is 4.42 Å². The average Bonchev–Trinajstić information content (AvgIpc) is 3.14. The third-order valence-corrected chi connectivity index (χ3v) is 4.44. The Bertz CT molecular complexity index is 925. The molecule has 4 heteroatoms. The second kappa shape index (κ2) is 6.23. The number of nitriles is 1. The van der Waals surface area contributed by atoms with Gasteiger partial charge in [-0.05, 0) is 38.5 Å². The van der Waals surface area contributed by atoms with Crippen LogP contribution in [-0.4, -0.2) is 4.98 Å². The SMILES string of the molecule is Cc1ccc(-c2csc(/C(C#N)=C/c3ccc(C)o3)n2)c(C)c1.